The van der Waals surface area contributed by atoms with Gasteiger partial charge in [0.15, 0.2) is 17.2 Å². The zero-order chi connectivity index (χ0) is 58.9. The summed E-state index contributed by atoms with van der Waals surface area (Å²) in [6, 6.07) is 32.5. The molecule has 4 heterocycles. The van der Waals surface area contributed by atoms with E-state index in [1.807, 2.05) is 110 Å². The number of rotatable bonds is 15. The average Bonchev–Trinajstić information content (AvgIpc) is 4.03. The number of benzene rings is 4. The zero-order valence-corrected chi connectivity index (χ0v) is 50.0. The Kier molecular flexibility index (Phi) is 18.1. The number of allylic oxidation sites excluding steroid dienone is 7. The van der Waals surface area contributed by atoms with Gasteiger partial charge < -0.3 is 39.5 Å². The first-order valence-corrected chi connectivity index (χ1v) is 28.4. The summed E-state index contributed by atoms with van der Waals surface area (Å²) in [6.45, 7) is 33.7. The molecule has 432 valence electrons. The Morgan fingerprint density at radius 3 is 1.54 bits per heavy atom. The van der Waals surface area contributed by atoms with E-state index in [1.54, 1.807) is 19.1 Å². The van der Waals surface area contributed by atoms with E-state index in [4.69, 9.17) is 14.2 Å². The molecule has 0 amide bonds. The number of carbonyl (C=O) groups is 3. The van der Waals surface area contributed by atoms with Crippen molar-refractivity contribution in [3.05, 3.63) is 198 Å². The summed E-state index contributed by atoms with van der Waals surface area (Å²) in [6.07, 6.45) is 7.27. The standard InChI is InChI=1S/C33H36N2O4.C20H23NO3.C15H19NO2.H2O/c1-7-17-34-25-15-11-9-13-23(25)32(3,4)27(34)18-21-30(37)22(31(21)38)19-28-33(5,6)24-14-10-12-16-26(24)35(28)20-29(36)39-8-2;1-5-11-21-15-10-8-7-9-14(15)20(3,4)16(21)12-13-17(22)18(23)19(13)24-6-2;1-5-18-14(17)10-16-11(2)15(3,4)12-8-6-7-9-13(12)16;/h9-16,18-19H,7-8,17,20H2,1-6H3;7-10,12H,5-6,11H2,1-4H3;6-9H,2,5,10H2,1,3-4H3;1H2. The Balaban J connectivity index is 0.000000192. The van der Waals surface area contributed by atoms with Crippen LogP contribution in [0.3, 0.4) is 0 Å². The van der Waals surface area contributed by atoms with Crippen LogP contribution in [0, 0.1) is 0 Å². The first-order chi connectivity index (χ1) is 38.4. The first kappa shape index (κ1) is 61.5. The van der Waals surface area contributed by atoms with E-state index in [2.05, 4.69) is 102 Å². The summed E-state index contributed by atoms with van der Waals surface area (Å²) in [7, 11) is 0. The quantitative estimate of drug-likeness (QED) is 0.0420. The number of hydrogen-bond acceptors (Lipinski definition) is 12. The van der Waals surface area contributed by atoms with Gasteiger partial charge >= 0.3 is 11.9 Å². The van der Waals surface area contributed by atoms with Crippen LogP contribution in [0.25, 0.3) is 6.08 Å². The van der Waals surface area contributed by atoms with Gasteiger partial charge in [0.1, 0.15) is 6.54 Å². The molecule has 5 aromatic rings. The van der Waals surface area contributed by atoms with Crippen molar-refractivity contribution in [3.8, 4) is 5.75 Å². The maximum atomic E-state index is 13.5. The molecule has 5 aliphatic rings. The van der Waals surface area contributed by atoms with E-state index in [0.29, 0.717) is 18.8 Å². The molecule has 82 heavy (non-hydrogen) atoms. The highest BCUT2D eigenvalue weighted by Gasteiger charge is 2.47. The van der Waals surface area contributed by atoms with Crippen molar-refractivity contribution < 1.29 is 43.8 Å². The molecule has 0 saturated carbocycles. The van der Waals surface area contributed by atoms with E-state index in [0.717, 1.165) is 71.4 Å². The van der Waals surface area contributed by atoms with Gasteiger partial charge in [0.05, 0.1) is 30.8 Å². The molecule has 2 N–H and O–H groups in total. The third-order valence-electron chi connectivity index (χ3n) is 16.4. The summed E-state index contributed by atoms with van der Waals surface area (Å²) in [5, 5.41) is 13.5. The maximum absolute atomic E-state index is 13.5. The number of ketones is 1. The Morgan fingerprint density at radius 1 is 0.573 bits per heavy atom. The highest BCUT2D eigenvalue weighted by Crippen LogP contribution is 2.51. The highest BCUT2D eigenvalue weighted by atomic mass is 16.5. The van der Waals surface area contributed by atoms with Crippen LogP contribution in [0.5, 0.6) is 5.75 Å². The van der Waals surface area contributed by atoms with Crippen LogP contribution in [0.2, 0.25) is 0 Å². The molecule has 14 heteroatoms. The number of fused-ring (bicyclic) bond motifs is 4. The molecular formula is C68H80N4O10. The number of Topliss-reactive ketones (excluding diaryl/α,β-unsaturated/α-hetero) is 1. The molecule has 0 saturated heterocycles. The van der Waals surface area contributed by atoms with Gasteiger partial charge in [-0.05, 0) is 94.5 Å². The first-order valence-electron chi connectivity index (χ1n) is 28.4. The lowest BCUT2D eigenvalue weighted by Gasteiger charge is -2.33. The Bertz CT molecular complexity index is 3560. The van der Waals surface area contributed by atoms with Gasteiger partial charge in [-0.2, -0.15) is 4.58 Å². The van der Waals surface area contributed by atoms with E-state index in [1.165, 1.54) is 22.4 Å². The molecule has 1 aliphatic carbocycles. The van der Waals surface area contributed by atoms with Crippen LogP contribution in [0.4, 0.5) is 22.7 Å². The fourth-order valence-corrected chi connectivity index (χ4v) is 12.0. The average molecular weight is 1110 g/mol. The summed E-state index contributed by atoms with van der Waals surface area (Å²) in [4.78, 5) is 67.9. The van der Waals surface area contributed by atoms with E-state index in [9.17, 15) is 29.1 Å². The van der Waals surface area contributed by atoms with Gasteiger partial charge in [-0.1, -0.05) is 141 Å². The van der Waals surface area contributed by atoms with Crippen molar-refractivity contribution in [3.63, 3.8) is 0 Å². The number of hydrogen-bond donors (Lipinski definition) is 0. The predicted molar refractivity (Wildman–Crippen MR) is 325 cm³/mol. The van der Waals surface area contributed by atoms with Crippen LogP contribution in [-0.2, 0) is 45.5 Å². The van der Waals surface area contributed by atoms with E-state index in [-0.39, 0.29) is 81.8 Å². The van der Waals surface area contributed by atoms with Gasteiger partial charge in [0.25, 0.3) is 5.43 Å². The van der Waals surface area contributed by atoms with Crippen LogP contribution < -0.4 is 35.4 Å². The second-order valence-corrected chi connectivity index (χ2v) is 23.0. The molecule has 0 atom stereocenters. The largest absolute Gasteiger partial charge is 0.871 e. The molecular weight excluding hydrogens is 1030 g/mol. The monoisotopic (exact) mass is 1110 g/mol. The predicted octanol–water partition coefficient (Wildman–Crippen LogP) is 10.1. The van der Waals surface area contributed by atoms with Gasteiger partial charge in [-0.25, -0.2) is 4.79 Å². The highest BCUT2D eigenvalue weighted by molar-refractivity contribution is 6.24. The maximum Gasteiger partial charge on any atom is 0.372 e. The van der Waals surface area contributed by atoms with Crippen molar-refractivity contribution in [1.82, 2.24) is 0 Å². The van der Waals surface area contributed by atoms with E-state index >= 15 is 0 Å². The zero-order valence-electron chi connectivity index (χ0n) is 50.0. The lowest BCUT2D eigenvalue weighted by Crippen LogP contribution is -2.36. The van der Waals surface area contributed by atoms with Crippen molar-refractivity contribution >= 4 is 52.3 Å². The van der Waals surface area contributed by atoms with Crippen LogP contribution >= 0.6 is 0 Å². The molecule has 0 unspecified atom stereocenters. The van der Waals surface area contributed by atoms with E-state index < -0.39 is 16.3 Å². The number of carbonyl (C=O) groups excluding carboxylic acids is 3. The number of nitrogens with zero attached hydrogens (tertiary/aromatic N) is 4. The fraction of sp³-hybridized carbons (Fsp3) is 0.382. The van der Waals surface area contributed by atoms with Gasteiger partial charge in [0.2, 0.25) is 17.7 Å². The van der Waals surface area contributed by atoms with Gasteiger partial charge in [0, 0.05) is 92.3 Å². The second-order valence-electron chi connectivity index (χ2n) is 23.0. The SMILES string of the molecule is C=C1N(CC(=O)OCC)c2ccccc2C1(C)C.CCCN1C(=CC2=C([O-])C(=CC3=[N+](CC(=O)OCC)c4ccccc4C3(C)C)C2=O)C(C)(C)c2ccccc21.CCCN1C(=Cc2c(OCC)c(=O)c2=O)C(C)(C)c2ccccc21.O. The molecule has 0 radical (unpaired) electrons. The molecule has 14 nitrogen and oxygen atoms in total. The van der Waals surface area contributed by atoms with Crippen LogP contribution in [-0.4, -0.2) is 79.5 Å². The van der Waals surface area contributed by atoms with Crippen molar-refractivity contribution in [2.24, 2.45) is 0 Å². The molecule has 4 aliphatic heterocycles. The van der Waals surface area contributed by atoms with Crippen LogP contribution in [0.15, 0.2) is 159 Å². The van der Waals surface area contributed by atoms with Crippen molar-refractivity contribution in [1.29, 1.82) is 0 Å². The normalized spacial score (nSPS) is 18.7. The lowest BCUT2D eigenvalue weighted by atomic mass is 9.77. The van der Waals surface area contributed by atoms with Crippen LogP contribution in [0.1, 0.15) is 131 Å². The summed E-state index contributed by atoms with van der Waals surface area (Å²) < 4.78 is 17.5. The third kappa shape index (κ3) is 10.8. The minimum atomic E-state index is -0.515. The topological polar surface area (TPSA) is 180 Å². The second kappa shape index (κ2) is 24.2. The number of anilines is 3. The number of esters is 2. The number of ether oxygens (including phenoxy) is 3. The Morgan fingerprint density at radius 2 is 1.04 bits per heavy atom. The van der Waals surface area contributed by atoms with Gasteiger partial charge in [-0.15, -0.1) is 0 Å². The van der Waals surface area contributed by atoms with Crippen molar-refractivity contribution in [2.45, 2.75) is 125 Å². The molecule has 0 fully saturated rings. The van der Waals surface area contributed by atoms with Crippen molar-refractivity contribution in [2.75, 3.05) is 60.7 Å². The summed E-state index contributed by atoms with van der Waals surface area (Å²) >= 11 is 0. The third-order valence-corrected chi connectivity index (χ3v) is 16.4. The molecule has 10 rings (SSSR count). The summed E-state index contributed by atoms with van der Waals surface area (Å²) in [5.74, 6) is -0.885. The minimum Gasteiger partial charge on any atom is -0.871 e. The van der Waals surface area contributed by atoms with Gasteiger partial charge in [-0.3, -0.25) is 19.2 Å². The minimum absolute atomic E-state index is 0. The Labute approximate surface area is 483 Å². The Hall–Kier alpha value is -8.10. The number of para-hydroxylation sites is 4. The molecule has 0 aromatic heterocycles. The lowest BCUT2D eigenvalue weighted by molar-refractivity contribution is -0.428. The molecule has 0 bridgehead atoms. The summed E-state index contributed by atoms with van der Waals surface area (Å²) in [5.41, 5.74) is 11.2. The smallest absolute Gasteiger partial charge is 0.372 e. The molecule has 0 spiro atoms. The molecule has 5 aromatic carbocycles. The fourth-order valence-electron chi connectivity index (χ4n) is 12.0.